The van der Waals surface area contributed by atoms with Crippen LogP contribution in [-0.2, 0) is 11.2 Å². The molecule has 4 heteroatoms. The third-order valence-corrected chi connectivity index (χ3v) is 4.50. The molecule has 0 atom stereocenters. The summed E-state index contributed by atoms with van der Waals surface area (Å²) in [6.07, 6.45) is 0.498. The van der Waals surface area contributed by atoms with Crippen LogP contribution in [0.15, 0.2) is 59.1 Å². The normalized spacial score (nSPS) is 15.0. The second kappa shape index (κ2) is 6.97. The van der Waals surface area contributed by atoms with Crippen molar-refractivity contribution in [1.29, 1.82) is 0 Å². The molecule has 0 radical (unpaired) electrons. The van der Waals surface area contributed by atoms with Crippen LogP contribution < -0.4 is 4.90 Å². The lowest BCUT2D eigenvalue weighted by atomic mass is 10.1. The zero-order valence-electron chi connectivity index (χ0n) is 12.4. The van der Waals surface area contributed by atoms with E-state index >= 15 is 0 Å². The van der Waals surface area contributed by atoms with E-state index in [1.54, 1.807) is 0 Å². The Labute approximate surface area is 139 Å². The van der Waals surface area contributed by atoms with Gasteiger partial charge in [-0.3, -0.25) is 4.79 Å². The highest BCUT2D eigenvalue weighted by Crippen LogP contribution is 2.21. The summed E-state index contributed by atoms with van der Waals surface area (Å²) in [5, 5.41) is 0. The highest BCUT2D eigenvalue weighted by atomic mass is 79.9. The summed E-state index contributed by atoms with van der Waals surface area (Å²) in [5.74, 6) is 0.222. The van der Waals surface area contributed by atoms with Gasteiger partial charge < -0.3 is 9.80 Å². The van der Waals surface area contributed by atoms with E-state index in [4.69, 9.17) is 0 Å². The van der Waals surface area contributed by atoms with E-state index in [0.29, 0.717) is 6.42 Å². The van der Waals surface area contributed by atoms with E-state index < -0.39 is 0 Å². The molecule has 1 aliphatic heterocycles. The molecule has 0 saturated carbocycles. The Balaban J connectivity index is 1.56. The van der Waals surface area contributed by atoms with Crippen LogP contribution in [0, 0.1) is 0 Å². The van der Waals surface area contributed by atoms with Crippen LogP contribution in [-0.4, -0.2) is 37.0 Å². The molecule has 1 aliphatic rings. The van der Waals surface area contributed by atoms with Crippen molar-refractivity contribution in [2.75, 3.05) is 31.1 Å². The van der Waals surface area contributed by atoms with Crippen molar-refractivity contribution in [3.63, 3.8) is 0 Å². The fraction of sp³-hybridized carbons (Fsp3) is 0.278. The maximum atomic E-state index is 12.4. The average molecular weight is 359 g/mol. The van der Waals surface area contributed by atoms with E-state index in [9.17, 15) is 4.79 Å². The van der Waals surface area contributed by atoms with Gasteiger partial charge in [0.15, 0.2) is 0 Å². The molecule has 2 aromatic rings. The summed E-state index contributed by atoms with van der Waals surface area (Å²) in [6.45, 7) is 3.35. The first-order valence-electron chi connectivity index (χ1n) is 7.54. The van der Waals surface area contributed by atoms with Gasteiger partial charge in [0, 0.05) is 36.3 Å². The van der Waals surface area contributed by atoms with Gasteiger partial charge >= 0.3 is 0 Å². The van der Waals surface area contributed by atoms with Crippen molar-refractivity contribution in [3.05, 3.63) is 64.6 Å². The van der Waals surface area contributed by atoms with Gasteiger partial charge in [-0.1, -0.05) is 52.3 Å². The number of rotatable bonds is 3. The Bertz CT molecular complexity index is 637. The molecule has 0 aromatic heterocycles. The first-order valence-corrected chi connectivity index (χ1v) is 8.34. The largest absolute Gasteiger partial charge is 0.368 e. The maximum absolute atomic E-state index is 12.4. The third-order valence-electron chi connectivity index (χ3n) is 4.00. The Morgan fingerprint density at radius 2 is 1.68 bits per heavy atom. The van der Waals surface area contributed by atoms with Crippen LogP contribution in [0.5, 0.6) is 0 Å². The first-order chi connectivity index (χ1) is 10.7. The zero-order chi connectivity index (χ0) is 15.4. The lowest BCUT2D eigenvalue weighted by Gasteiger charge is -2.36. The number of halogens is 1. The summed E-state index contributed by atoms with van der Waals surface area (Å²) in [7, 11) is 0. The number of nitrogens with zero attached hydrogens (tertiary/aromatic N) is 2. The van der Waals surface area contributed by atoms with Crippen LogP contribution in [0.1, 0.15) is 5.56 Å². The van der Waals surface area contributed by atoms with Crippen LogP contribution in [0.25, 0.3) is 0 Å². The molecule has 1 fully saturated rings. The minimum atomic E-state index is 0.222. The number of hydrogen-bond acceptors (Lipinski definition) is 2. The molecular weight excluding hydrogens is 340 g/mol. The Kier molecular flexibility index (Phi) is 4.78. The average Bonchev–Trinajstić information content (AvgIpc) is 2.56. The minimum absolute atomic E-state index is 0.222. The Morgan fingerprint density at radius 3 is 2.36 bits per heavy atom. The minimum Gasteiger partial charge on any atom is -0.368 e. The van der Waals surface area contributed by atoms with Gasteiger partial charge in [-0.2, -0.15) is 0 Å². The molecule has 1 heterocycles. The summed E-state index contributed by atoms with van der Waals surface area (Å²) >= 11 is 3.51. The summed E-state index contributed by atoms with van der Waals surface area (Å²) < 4.78 is 1.09. The molecule has 0 spiro atoms. The lowest BCUT2D eigenvalue weighted by molar-refractivity contribution is -0.130. The smallest absolute Gasteiger partial charge is 0.227 e. The number of carbonyl (C=O) groups is 1. The van der Waals surface area contributed by atoms with Crippen molar-refractivity contribution in [3.8, 4) is 0 Å². The molecule has 22 heavy (non-hydrogen) atoms. The first kappa shape index (κ1) is 15.1. The van der Waals surface area contributed by atoms with Gasteiger partial charge in [0.2, 0.25) is 5.91 Å². The zero-order valence-corrected chi connectivity index (χ0v) is 14.0. The molecule has 114 valence electrons. The molecule has 3 rings (SSSR count). The lowest BCUT2D eigenvalue weighted by Crippen LogP contribution is -2.49. The fourth-order valence-electron chi connectivity index (χ4n) is 2.77. The van der Waals surface area contributed by atoms with Crippen LogP contribution >= 0.6 is 15.9 Å². The van der Waals surface area contributed by atoms with Crippen LogP contribution in [0.2, 0.25) is 0 Å². The molecule has 0 unspecified atom stereocenters. The maximum Gasteiger partial charge on any atom is 0.227 e. The van der Waals surface area contributed by atoms with Gasteiger partial charge in [-0.05, 0) is 23.8 Å². The Morgan fingerprint density at radius 1 is 0.955 bits per heavy atom. The van der Waals surface area contributed by atoms with Crippen molar-refractivity contribution >= 4 is 27.5 Å². The van der Waals surface area contributed by atoms with E-state index in [1.807, 2.05) is 47.4 Å². The molecule has 1 saturated heterocycles. The van der Waals surface area contributed by atoms with Gasteiger partial charge in [0.05, 0.1) is 6.42 Å². The second-order valence-corrected chi connectivity index (χ2v) is 6.43. The highest BCUT2D eigenvalue weighted by Gasteiger charge is 2.21. The van der Waals surface area contributed by atoms with Gasteiger partial charge in [-0.15, -0.1) is 0 Å². The number of carbonyl (C=O) groups excluding carboxylic acids is 1. The molecule has 0 aliphatic carbocycles. The molecule has 0 N–H and O–H groups in total. The molecule has 2 aromatic carbocycles. The predicted molar refractivity (Wildman–Crippen MR) is 93.1 cm³/mol. The second-order valence-electron chi connectivity index (χ2n) is 5.51. The summed E-state index contributed by atoms with van der Waals surface area (Å²) in [6, 6.07) is 18.3. The SMILES string of the molecule is O=C(Cc1ccccc1)N1CCN(c2cccc(Br)c2)CC1. The van der Waals surface area contributed by atoms with Crippen LogP contribution in [0.4, 0.5) is 5.69 Å². The topological polar surface area (TPSA) is 23.6 Å². The van der Waals surface area contributed by atoms with Crippen molar-refractivity contribution in [2.24, 2.45) is 0 Å². The molecule has 3 nitrogen and oxygen atoms in total. The van der Waals surface area contributed by atoms with Crippen molar-refractivity contribution in [1.82, 2.24) is 4.90 Å². The van der Waals surface area contributed by atoms with E-state index in [-0.39, 0.29) is 5.91 Å². The van der Waals surface area contributed by atoms with Crippen molar-refractivity contribution in [2.45, 2.75) is 6.42 Å². The predicted octanol–water partition coefficient (Wildman–Crippen LogP) is 3.34. The number of hydrogen-bond donors (Lipinski definition) is 0. The van der Waals surface area contributed by atoms with E-state index in [2.05, 4.69) is 33.0 Å². The molecule has 1 amide bonds. The number of anilines is 1. The number of amides is 1. The molecule has 0 bridgehead atoms. The summed E-state index contributed by atoms with van der Waals surface area (Å²) in [5.41, 5.74) is 2.30. The van der Waals surface area contributed by atoms with Gasteiger partial charge in [0.25, 0.3) is 0 Å². The van der Waals surface area contributed by atoms with E-state index in [0.717, 1.165) is 36.2 Å². The van der Waals surface area contributed by atoms with Crippen molar-refractivity contribution < 1.29 is 4.79 Å². The van der Waals surface area contributed by atoms with Crippen LogP contribution in [0.3, 0.4) is 0 Å². The monoisotopic (exact) mass is 358 g/mol. The highest BCUT2D eigenvalue weighted by molar-refractivity contribution is 9.10. The molecular formula is C18H19BrN2O. The fourth-order valence-corrected chi connectivity index (χ4v) is 3.16. The van der Waals surface area contributed by atoms with Gasteiger partial charge in [-0.25, -0.2) is 0 Å². The van der Waals surface area contributed by atoms with E-state index in [1.165, 1.54) is 5.69 Å². The quantitative estimate of drug-likeness (QED) is 0.839. The third kappa shape index (κ3) is 3.69. The number of piperazine rings is 1. The summed E-state index contributed by atoms with van der Waals surface area (Å²) in [4.78, 5) is 16.7. The standard InChI is InChI=1S/C18H19BrN2O/c19-16-7-4-8-17(14-16)20-9-11-21(12-10-20)18(22)13-15-5-2-1-3-6-15/h1-8,14H,9-13H2. The number of benzene rings is 2. The Hall–Kier alpha value is -1.81. The van der Waals surface area contributed by atoms with Gasteiger partial charge in [0.1, 0.15) is 0 Å².